The molecule has 2 aromatic rings. The Bertz CT molecular complexity index is 587. The van der Waals surface area contributed by atoms with Crippen molar-refractivity contribution >= 4 is 5.97 Å². The van der Waals surface area contributed by atoms with Crippen molar-refractivity contribution in [2.75, 3.05) is 0 Å². The van der Waals surface area contributed by atoms with Crippen molar-refractivity contribution in [2.24, 2.45) is 0 Å². The molecule has 1 heterocycles. The van der Waals surface area contributed by atoms with Crippen LogP contribution in [0, 0.1) is 20.8 Å². The van der Waals surface area contributed by atoms with Crippen LogP contribution in [0.15, 0.2) is 16.7 Å². The molecule has 0 saturated carbocycles. The van der Waals surface area contributed by atoms with Gasteiger partial charge in [-0.2, -0.15) is 4.98 Å². The van der Waals surface area contributed by atoms with E-state index >= 15 is 0 Å². The third kappa shape index (κ3) is 1.91. The van der Waals surface area contributed by atoms with Crippen LogP contribution in [0.5, 0.6) is 0 Å². The number of nitrogens with zero attached hydrogens (tertiary/aromatic N) is 2. The molecule has 0 unspecified atom stereocenters. The molecule has 0 saturated heterocycles. The Morgan fingerprint density at radius 3 is 2.41 bits per heavy atom. The van der Waals surface area contributed by atoms with Gasteiger partial charge >= 0.3 is 5.97 Å². The zero-order valence-electron chi connectivity index (χ0n) is 9.81. The highest BCUT2D eigenvalue weighted by Crippen LogP contribution is 2.28. The van der Waals surface area contributed by atoms with Gasteiger partial charge in [0.15, 0.2) is 5.82 Å². The lowest BCUT2D eigenvalue weighted by atomic mass is 9.97. The lowest BCUT2D eigenvalue weighted by molar-refractivity contribution is 0.0696. The normalized spacial score (nSPS) is 10.5. The average molecular weight is 232 g/mol. The fraction of sp³-hybridized carbons (Fsp3) is 0.250. The minimum atomic E-state index is -0.989. The largest absolute Gasteiger partial charge is 0.478 e. The Hall–Kier alpha value is -2.17. The number of carboxylic acids is 1. The molecule has 0 atom stereocenters. The summed E-state index contributed by atoms with van der Waals surface area (Å²) < 4.78 is 5.05. The van der Waals surface area contributed by atoms with E-state index in [-0.39, 0.29) is 11.5 Å². The number of carbonyl (C=O) groups is 1. The molecule has 0 aliphatic rings. The van der Waals surface area contributed by atoms with Gasteiger partial charge in [0.2, 0.25) is 0 Å². The van der Waals surface area contributed by atoms with Crippen molar-refractivity contribution in [3.05, 3.63) is 34.6 Å². The Kier molecular flexibility index (Phi) is 2.67. The summed E-state index contributed by atoms with van der Waals surface area (Å²) in [7, 11) is 0. The van der Waals surface area contributed by atoms with Gasteiger partial charge in [-0.05, 0) is 31.9 Å². The van der Waals surface area contributed by atoms with E-state index < -0.39 is 5.97 Å². The van der Waals surface area contributed by atoms with Crippen molar-refractivity contribution in [3.63, 3.8) is 0 Å². The van der Waals surface area contributed by atoms with Gasteiger partial charge in [-0.25, -0.2) is 4.79 Å². The van der Waals surface area contributed by atoms with Crippen LogP contribution in [0.3, 0.4) is 0 Å². The number of benzene rings is 1. The molecule has 0 spiro atoms. The fourth-order valence-corrected chi connectivity index (χ4v) is 1.76. The van der Waals surface area contributed by atoms with Crippen molar-refractivity contribution in [3.8, 4) is 11.5 Å². The highest BCUT2D eigenvalue weighted by atomic mass is 16.5. The van der Waals surface area contributed by atoms with Gasteiger partial charge in [0.05, 0.1) is 11.1 Å². The van der Waals surface area contributed by atoms with Crippen molar-refractivity contribution in [1.82, 2.24) is 10.1 Å². The van der Waals surface area contributed by atoms with E-state index in [9.17, 15) is 9.90 Å². The van der Waals surface area contributed by atoms with E-state index in [0.29, 0.717) is 17.0 Å². The maximum atomic E-state index is 11.3. The molecular weight excluding hydrogens is 220 g/mol. The third-order valence-corrected chi connectivity index (χ3v) is 2.58. The van der Waals surface area contributed by atoms with E-state index in [1.807, 2.05) is 13.0 Å². The predicted molar refractivity (Wildman–Crippen MR) is 60.9 cm³/mol. The molecule has 1 aromatic carbocycles. The zero-order chi connectivity index (χ0) is 12.6. The van der Waals surface area contributed by atoms with Gasteiger partial charge in [0, 0.05) is 0 Å². The van der Waals surface area contributed by atoms with E-state index in [0.717, 1.165) is 5.56 Å². The standard InChI is InChI=1S/C12H12N2O3/c1-6-4-5-7(2)10(12(15)16)9(6)11-13-8(3)14-17-11/h4-5H,1-3H3,(H,15,16). The van der Waals surface area contributed by atoms with E-state index in [2.05, 4.69) is 10.1 Å². The first-order valence-electron chi connectivity index (χ1n) is 5.15. The molecule has 17 heavy (non-hydrogen) atoms. The molecule has 0 aliphatic heterocycles. The number of hydrogen-bond donors (Lipinski definition) is 1. The van der Waals surface area contributed by atoms with Gasteiger partial charge in [0.25, 0.3) is 5.89 Å². The Morgan fingerprint density at radius 2 is 1.88 bits per heavy atom. The second-order valence-corrected chi connectivity index (χ2v) is 3.90. The molecule has 5 nitrogen and oxygen atoms in total. The van der Waals surface area contributed by atoms with Crippen LogP contribution in [0.1, 0.15) is 27.3 Å². The van der Waals surface area contributed by atoms with E-state index in [1.165, 1.54) is 0 Å². The highest BCUT2D eigenvalue weighted by molar-refractivity contribution is 5.97. The number of aromatic carboxylic acids is 1. The Labute approximate surface area is 98.1 Å². The van der Waals surface area contributed by atoms with E-state index in [4.69, 9.17) is 4.52 Å². The van der Waals surface area contributed by atoms with Crippen LogP contribution in [0.2, 0.25) is 0 Å². The molecule has 5 heteroatoms. The van der Waals surface area contributed by atoms with Gasteiger partial charge in [0.1, 0.15) is 0 Å². The third-order valence-electron chi connectivity index (χ3n) is 2.58. The Balaban J connectivity index is 2.75. The lowest BCUT2D eigenvalue weighted by Gasteiger charge is -2.08. The molecule has 0 radical (unpaired) electrons. The summed E-state index contributed by atoms with van der Waals surface area (Å²) in [6, 6.07) is 3.61. The fourth-order valence-electron chi connectivity index (χ4n) is 1.76. The van der Waals surface area contributed by atoms with Crippen LogP contribution in [-0.4, -0.2) is 21.2 Å². The molecule has 2 rings (SSSR count). The summed E-state index contributed by atoms with van der Waals surface area (Å²) >= 11 is 0. The lowest BCUT2D eigenvalue weighted by Crippen LogP contribution is -2.04. The van der Waals surface area contributed by atoms with Gasteiger partial charge < -0.3 is 9.63 Å². The minimum Gasteiger partial charge on any atom is -0.478 e. The predicted octanol–water partition coefficient (Wildman–Crippen LogP) is 2.36. The van der Waals surface area contributed by atoms with Crippen LogP contribution < -0.4 is 0 Å². The van der Waals surface area contributed by atoms with Crippen molar-refractivity contribution in [2.45, 2.75) is 20.8 Å². The second-order valence-electron chi connectivity index (χ2n) is 3.90. The molecule has 1 aromatic heterocycles. The number of aromatic nitrogens is 2. The molecule has 0 aliphatic carbocycles. The van der Waals surface area contributed by atoms with Crippen LogP contribution in [0.25, 0.3) is 11.5 Å². The summed E-state index contributed by atoms with van der Waals surface area (Å²) in [5, 5.41) is 12.9. The molecule has 88 valence electrons. The second kappa shape index (κ2) is 4.01. The monoisotopic (exact) mass is 232 g/mol. The number of aryl methyl sites for hydroxylation is 3. The Morgan fingerprint density at radius 1 is 1.24 bits per heavy atom. The summed E-state index contributed by atoms with van der Waals surface area (Å²) in [6.07, 6.45) is 0. The SMILES string of the molecule is Cc1noc(-c2c(C)ccc(C)c2C(=O)O)n1. The zero-order valence-corrected chi connectivity index (χ0v) is 9.81. The van der Waals surface area contributed by atoms with Crippen LogP contribution in [-0.2, 0) is 0 Å². The van der Waals surface area contributed by atoms with Gasteiger partial charge in [-0.1, -0.05) is 17.3 Å². The maximum Gasteiger partial charge on any atom is 0.336 e. The van der Waals surface area contributed by atoms with Crippen LogP contribution >= 0.6 is 0 Å². The molecule has 0 amide bonds. The molecule has 0 bridgehead atoms. The summed E-state index contributed by atoms with van der Waals surface area (Å²) in [4.78, 5) is 15.4. The van der Waals surface area contributed by atoms with Crippen LogP contribution in [0.4, 0.5) is 0 Å². The average Bonchev–Trinajstić information content (AvgIpc) is 2.67. The molecule has 1 N–H and O–H groups in total. The van der Waals surface area contributed by atoms with Crippen molar-refractivity contribution in [1.29, 1.82) is 0 Å². The summed E-state index contributed by atoms with van der Waals surface area (Å²) in [5.74, 6) is -0.254. The smallest absolute Gasteiger partial charge is 0.336 e. The number of carboxylic acid groups (broad SMARTS) is 1. The maximum absolute atomic E-state index is 11.3. The van der Waals surface area contributed by atoms with Gasteiger partial charge in [-0.3, -0.25) is 0 Å². The highest BCUT2D eigenvalue weighted by Gasteiger charge is 2.20. The summed E-state index contributed by atoms with van der Waals surface area (Å²) in [5.41, 5.74) is 2.19. The number of hydrogen-bond acceptors (Lipinski definition) is 4. The topological polar surface area (TPSA) is 76.2 Å². The first-order chi connectivity index (χ1) is 8.00. The molecule has 0 fully saturated rings. The first-order valence-corrected chi connectivity index (χ1v) is 5.15. The van der Waals surface area contributed by atoms with Gasteiger partial charge in [-0.15, -0.1) is 0 Å². The van der Waals surface area contributed by atoms with Crippen molar-refractivity contribution < 1.29 is 14.4 Å². The summed E-state index contributed by atoms with van der Waals surface area (Å²) in [6.45, 7) is 5.26. The number of rotatable bonds is 2. The quantitative estimate of drug-likeness (QED) is 0.860. The van der Waals surface area contributed by atoms with E-state index in [1.54, 1.807) is 19.9 Å². The first kappa shape index (κ1) is 11.3. The minimum absolute atomic E-state index is 0.216. The molecular formula is C12H12N2O3.